The number of likely N-dealkylation sites (tertiary alicyclic amines) is 1. The lowest BCUT2D eigenvalue weighted by Gasteiger charge is -2.34. The monoisotopic (exact) mass is 281 g/mol. The number of guanidine groups is 1. The minimum Gasteiger partial charge on any atom is -0.378 e. The van der Waals surface area contributed by atoms with Crippen LogP contribution in [0.3, 0.4) is 0 Å². The maximum atomic E-state index is 5.72. The molecule has 2 rings (SSSR count). The van der Waals surface area contributed by atoms with Crippen LogP contribution >= 0.6 is 0 Å². The normalized spacial score (nSPS) is 21.3. The summed E-state index contributed by atoms with van der Waals surface area (Å²) in [6.45, 7) is 9.12. The molecule has 1 N–H and O–H groups in total. The average molecular weight is 281 g/mol. The Balaban J connectivity index is 1.73. The van der Waals surface area contributed by atoms with Gasteiger partial charge in [-0.2, -0.15) is 0 Å². The smallest absolute Gasteiger partial charge is 0.193 e. The summed E-state index contributed by atoms with van der Waals surface area (Å²) in [4.78, 5) is 7.20. The first-order valence-electron chi connectivity index (χ1n) is 8.48. The van der Waals surface area contributed by atoms with Crippen molar-refractivity contribution in [2.24, 2.45) is 10.9 Å². The highest BCUT2D eigenvalue weighted by Crippen LogP contribution is 2.33. The van der Waals surface area contributed by atoms with E-state index in [0.717, 1.165) is 57.5 Å². The van der Waals surface area contributed by atoms with Gasteiger partial charge < -0.3 is 15.0 Å². The number of piperidine rings is 1. The number of hydrogen-bond donors (Lipinski definition) is 1. The lowest BCUT2D eigenvalue weighted by atomic mass is 10.1. The highest BCUT2D eigenvalue weighted by Gasteiger charge is 2.22. The van der Waals surface area contributed by atoms with Crippen molar-refractivity contribution in [3.63, 3.8) is 0 Å². The molecule has 20 heavy (non-hydrogen) atoms. The first kappa shape index (κ1) is 15.6. The number of aliphatic imine (C=N–C) groups is 1. The minimum atomic E-state index is 0.453. The van der Waals surface area contributed by atoms with Gasteiger partial charge in [-0.1, -0.05) is 12.8 Å². The molecule has 0 unspecified atom stereocenters. The number of nitrogens with zero attached hydrogens (tertiary/aromatic N) is 2. The summed E-state index contributed by atoms with van der Waals surface area (Å²) >= 11 is 0. The lowest BCUT2D eigenvalue weighted by Crippen LogP contribution is -2.47. The second-order valence-corrected chi connectivity index (χ2v) is 5.96. The van der Waals surface area contributed by atoms with Gasteiger partial charge in [0.1, 0.15) is 0 Å². The molecule has 2 aliphatic rings. The van der Waals surface area contributed by atoms with Crippen LogP contribution in [-0.4, -0.2) is 49.7 Å². The zero-order valence-corrected chi connectivity index (χ0v) is 13.2. The molecular weight excluding hydrogens is 250 g/mol. The SMILES string of the molecule is CCNC(=NCCCC1CC1)N1CCC(OCC)CC1. The Morgan fingerprint density at radius 3 is 2.55 bits per heavy atom. The van der Waals surface area contributed by atoms with Gasteiger partial charge in [-0.15, -0.1) is 0 Å². The predicted octanol–water partition coefficient (Wildman–Crippen LogP) is 2.64. The molecule has 1 saturated carbocycles. The van der Waals surface area contributed by atoms with Crippen molar-refractivity contribution >= 4 is 5.96 Å². The summed E-state index contributed by atoms with van der Waals surface area (Å²) in [5.74, 6) is 2.13. The molecule has 0 spiro atoms. The van der Waals surface area contributed by atoms with Crippen LogP contribution in [0.2, 0.25) is 0 Å². The maximum absolute atomic E-state index is 5.72. The summed E-state index contributed by atoms with van der Waals surface area (Å²) in [5.41, 5.74) is 0. The van der Waals surface area contributed by atoms with E-state index < -0.39 is 0 Å². The Bertz CT molecular complexity index is 294. The Hall–Kier alpha value is -0.770. The molecule has 2 fully saturated rings. The standard InChI is InChI=1S/C16H31N3O/c1-3-17-16(18-11-5-6-14-7-8-14)19-12-9-15(10-13-19)20-4-2/h14-15H,3-13H2,1-2H3,(H,17,18). The molecule has 0 aromatic rings. The Morgan fingerprint density at radius 2 is 1.95 bits per heavy atom. The van der Waals surface area contributed by atoms with E-state index in [1.54, 1.807) is 0 Å². The van der Waals surface area contributed by atoms with Crippen LogP contribution < -0.4 is 5.32 Å². The van der Waals surface area contributed by atoms with Crippen LogP contribution in [0, 0.1) is 5.92 Å². The van der Waals surface area contributed by atoms with Gasteiger partial charge in [-0.25, -0.2) is 0 Å². The summed E-state index contributed by atoms with van der Waals surface area (Å²) in [6.07, 6.45) is 8.22. The number of nitrogens with one attached hydrogen (secondary N) is 1. The molecule has 4 heteroatoms. The van der Waals surface area contributed by atoms with Crippen LogP contribution in [0.1, 0.15) is 52.4 Å². The predicted molar refractivity (Wildman–Crippen MR) is 84.2 cm³/mol. The quantitative estimate of drug-likeness (QED) is 0.443. The first-order valence-corrected chi connectivity index (χ1v) is 8.48. The summed E-state index contributed by atoms with van der Waals surface area (Å²) in [7, 11) is 0. The minimum absolute atomic E-state index is 0.453. The molecule has 116 valence electrons. The Labute approximate surface area is 124 Å². The van der Waals surface area contributed by atoms with E-state index in [1.807, 2.05) is 0 Å². The third kappa shape index (κ3) is 5.31. The first-order chi connectivity index (χ1) is 9.83. The highest BCUT2D eigenvalue weighted by atomic mass is 16.5. The van der Waals surface area contributed by atoms with E-state index in [1.165, 1.54) is 25.7 Å². The molecule has 1 saturated heterocycles. The number of ether oxygens (including phenoxy) is 1. The Kier molecular flexibility index (Phi) is 6.64. The summed E-state index contributed by atoms with van der Waals surface area (Å²) < 4.78 is 5.72. The summed E-state index contributed by atoms with van der Waals surface area (Å²) in [6, 6.07) is 0. The van der Waals surface area contributed by atoms with Crippen molar-refractivity contribution in [3.05, 3.63) is 0 Å². The van der Waals surface area contributed by atoms with Crippen molar-refractivity contribution in [3.8, 4) is 0 Å². The molecule has 1 aliphatic carbocycles. The molecule has 0 aromatic carbocycles. The van der Waals surface area contributed by atoms with Gasteiger partial charge in [0.25, 0.3) is 0 Å². The van der Waals surface area contributed by atoms with Crippen LogP contribution in [0.5, 0.6) is 0 Å². The molecule has 1 aliphatic heterocycles. The highest BCUT2D eigenvalue weighted by molar-refractivity contribution is 5.80. The number of hydrogen-bond acceptors (Lipinski definition) is 2. The van der Waals surface area contributed by atoms with Gasteiger partial charge in [-0.3, -0.25) is 4.99 Å². The van der Waals surface area contributed by atoms with E-state index >= 15 is 0 Å². The second-order valence-electron chi connectivity index (χ2n) is 5.96. The van der Waals surface area contributed by atoms with Gasteiger partial charge in [0.05, 0.1) is 6.10 Å². The topological polar surface area (TPSA) is 36.9 Å². The summed E-state index contributed by atoms with van der Waals surface area (Å²) in [5, 5.41) is 3.44. The third-order valence-electron chi connectivity index (χ3n) is 4.21. The fourth-order valence-corrected chi connectivity index (χ4v) is 2.87. The van der Waals surface area contributed by atoms with E-state index in [0.29, 0.717) is 6.10 Å². The zero-order chi connectivity index (χ0) is 14.2. The van der Waals surface area contributed by atoms with Crippen molar-refractivity contribution in [2.45, 2.75) is 58.5 Å². The third-order valence-corrected chi connectivity index (χ3v) is 4.21. The van der Waals surface area contributed by atoms with Crippen LogP contribution in [0.4, 0.5) is 0 Å². The van der Waals surface area contributed by atoms with E-state index in [4.69, 9.17) is 9.73 Å². The van der Waals surface area contributed by atoms with Crippen molar-refractivity contribution in [1.82, 2.24) is 10.2 Å². The van der Waals surface area contributed by atoms with E-state index in [2.05, 4.69) is 24.1 Å². The van der Waals surface area contributed by atoms with E-state index in [-0.39, 0.29) is 0 Å². The largest absolute Gasteiger partial charge is 0.378 e. The molecule has 0 bridgehead atoms. The molecule has 0 atom stereocenters. The molecule has 0 radical (unpaired) electrons. The van der Waals surface area contributed by atoms with Crippen LogP contribution in [-0.2, 0) is 4.74 Å². The molecular formula is C16H31N3O. The van der Waals surface area contributed by atoms with Crippen molar-refractivity contribution < 1.29 is 4.74 Å². The fraction of sp³-hybridized carbons (Fsp3) is 0.938. The van der Waals surface area contributed by atoms with Crippen molar-refractivity contribution in [2.75, 3.05) is 32.8 Å². The van der Waals surface area contributed by atoms with Gasteiger partial charge in [0.2, 0.25) is 0 Å². The van der Waals surface area contributed by atoms with Crippen LogP contribution in [0.15, 0.2) is 4.99 Å². The van der Waals surface area contributed by atoms with Crippen molar-refractivity contribution in [1.29, 1.82) is 0 Å². The Morgan fingerprint density at radius 1 is 1.20 bits per heavy atom. The van der Waals surface area contributed by atoms with Gasteiger partial charge in [-0.05, 0) is 45.4 Å². The molecule has 1 heterocycles. The zero-order valence-electron chi connectivity index (χ0n) is 13.2. The van der Waals surface area contributed by atoms with E-state index in [9.17, 15) is 0 Å². The average Bonchev–Trinajstić information content (AvgIpc) is 3.28. The van der Waals surface area contributed by atoms with Gasteiger partial charge in [0, 0.05) is 32.8 Å². The maximum Gasteiger partial charge on any atom is 0.193 e. The van der Waals surface area contributed by atoms with Gasteiger partial charge >= 0.3 is 0 Å². The molecule has 0 amide bonds. The second kappa shape index (κ2) is 8.50. The fourth-order valence-electron chi connectivity index (χ4n) is 2.87. The molecule has 0 aromatic heterocycles. The number of rotatable bonds is 7. The van der Waals surface area contributed by atoms with Gasteiger partial charge in [0.15, 0.2) is 5.96 Å². The van der Waals surface area contributed by atoms with Crippen LogP contribution in [0.25, 0.3) is 0 Å². The lowest BCUT2D eigenvalue weighted by molar-refractivity contribution is 0.0264. The molecule has 4 nitrogen and oxygen atoms in total.